The van der Waals surface area contributed by atoms with E-state index in [9.17, 15) is 4.79 Å². The summed E-state index contributed by atoms with van der Waals surface area (Å²) in [5.41, 5.74) is 3.19. The van der Waals surface area contributed by atoms with Gasteiger partial charge in [0.05, 0.1) is 5.01 Å². The Labute approximate surface area is 87.9 Å². The molecule has 1 aromatic rings. The van der Waals surface area contributed by atoms with Crippen LogP contribution in [-0.2, 0) is 11.2 Å². The number of carbonyl (C=O) groups excluding carboxylic acids is 1. The van der Waals surface area contributed by atoms with Crippen LogP contribution in [0.15, 0.2) is 11.6 Å². The van der Waals surface area contributed by atoms with Gasteiger partial charge in [0, 0.05) is 44.6 Å². The molecule has 0 amide bonds. The van der Waals surface area contributed by atoms with E-state index in [1.165, 1.54) is 0 Å². The van der Waals surface area contributed by atoms with Gasteiger partial charge in [-0.3, -0.25) is 10.4 Å². The Balaban J connectivity index is 2.46. The topological polar surface area (TPSA) is 45.2 Å². The van der Waals surface area contributed by atoms with Crippen LogP contribution in [0.1, 0.15) is 11.4 Å². The van der Waals surface area contributed by atoms with Crippen molar-refractivity contribution >= 4 is 17.6 Å². The molecule has 0 saturated heterocycles. The second kappa shape index (κ2) is 5.85. The molecule has 0 aliphatic rings. The Morgan fingerprint density at radius 3 is 3.00 bits per heavy atom. The van der Waals surface area contributed by atoms with E-state index in [0.29, 0.717) is 6.42 Å². The fourth-order valence-electron chi connectivity index (χ4n) is 1.23. The number of thiazole rings is 1. The minimum atomic E-state index is 0.147. The first-order chi connectivity index (χ1) is 6.72. The summed E-state index contributed by atoms with van der Waals surface area (Å²) in [6, 6.07) is 0.147. The minimum Gasteiger partial charge on any atom is -0.303 e. The highest BCUT2D eigenvalue weighted by atomic mass is 32.1. The largest absolute Gasteiger partial charge is 0.303 e. The van der Waals surface area contributed by atoms with E-state index in [1.54, 1.807) is 17.5 Å². The maximum absolute atomic E-state index is 10.4. The van der Waals surface area contributed by atoms with Gasteiger partial charge in [-0.25, -0.2) is 4.98 Å². The van der Waals surface area contributed by atoms with Crippen LogP contribution < -0.4 is 5.43 Å². The average Bonchev–Trinajstić information content (AvgIpc) is 2.56. The molecule has 4 nitrogen and oxygen atoms in total. The van der Waals surface area contributed by atoms with Crippen LogP contribution in [0.25, 0.3) is 0 Å². The first-order valence-corrected chi connectivity index (χ1v) is 5.36. The zero-order valence-electron chi connectivity index (χ0n) is 8.43. The molecule has 0 radical (unpaired) electrons. The van der Waals surface area contributed by atoms with Crippen LogP contribution in [0.4, 0.5) is 0 Å². The van der Waals surface area contributed by atoms with E-state index in [1.807, 2.05) is 24.5 Å². The Kier molecular flexibility index (Phi) is 4.72. The van der Waals surface area contributed by atoms with Gasteiger partial charge in [-0.2, -0.15) is 0 Å². The molecule has 1 rings (SSSR count). The van der Waals surface area contributed by atoms with Gasteiger partial charge in [0.15, 0.2) is 0 Å². The minimum absolute atomic E-state index is 0.147. The number of aromatic nitrogens is 1. The highest BCUT2D eigenvalue weighted by Crippen LogP contribution is 2.08. The Morgan fingerprint density at radius 2 is 2.50 bits per heavy atom. The first-order valence-electron chi connectivity index (χ1n) is 4.48. The van der Waals surface area contributed by atoms with Gasteiger partial charge in [0.25, 0.3) is 0 Å². The summed E-state index contributed by atoms with van der Waals surface area (Å²) in [4.78, 5) is 14.6. The summed E-state index contributed by atoms with van der Waals surface area (Å²) in [7, 11) is 3.83. The SMILES string of the molecule is CN(C)NC(CC=O)Cc1nccs1. The fourth-order valence-corrected chi connectivity index (χ4v) is 1.93. The van der Waals surface area contributed by atoms with Crippen molar-refractivity contribution in [1.82, 2.24) is 15.4 Å². The van der Waals surface area contributed by atoms with E-state index in [4.69, 9.17) is 0 Å². The van der Waals surface area contributed by atoms with E-state index in [2.05, 4.69) is 10.4 Å². The van der Waals surface area contributed by atoms with E-state index >= 15 is 0 Å². The second-order valence-electron chi connectivity index (χ2n) is 3.25. The summed E-state index contributed by atoms with van der Waals surface area (Å²) >= 11 is 1.62. The van der Waals surface area contributed by atoms with Gasteiger partial charge in [-0.05, 0) is 0 Å². The third-order valence-electron chi connectivity index (χ3n) is 1.73. The molecule has 1 atom stereocenters. The zero-order valence-corrected chi connectivity index (χ0v) is 9.25. The van der Waals surface area contributed by atoms with Crippen molar-refractivity contribution in [3.8, 4) is 0 Å². The van der Waals surface area contributed by atoms with Gasteiger partial charge >= 0.3 is 0 Å². The molecular formula is C9H15N3OS. The van der Waals surface area contributed by atoms with Crippen LogP contribution in [0.2, 0.25) is 0 Å². The van der Waals surface area contributed by atoms with Crippen molar-refractivity contribution in [3.05, 3.63) is 16.6 Å². The maximum Gasteiger partial charge on any atom is 0.121 e. The molecule has 0 aliphatic carbocycles. The van der Waals surface area contributed by atoms with Crippen LogP contribution in [0.5, 0.6) is 0 Å². The predicted octanol–water partition coefficient (Wildman–Crippen LogP) is 0.709. The molecule has 14 heavy (non-hydrogen) atoms. The van der Waals surface area contributed by atoms with Gasteiger partial charge in [-0.15, -0.1) is 11.3 Å². The average molecular weight is 213 g/mol. The number of aldehydes is 1. The molecule has 1 aromatic heterocycles. The molecule has 0 fully saturated rings. The lowest BCUT2D eigenvalue weighted by atomic mass is 10.2. The van der Waals surface area contributed by atoms with Crippen LogP contribution in [0.3, 0.4) is 0 Å². The lowest BCUT2D eigenvalue weighted by molar-refractivity contribution is -0.108. The number of nitrogens with one attached hydrogen (secondary N) is 1. The van der Waals surface area contributed by atoms with Crippen molar-refractivity contribution in [2.45, 2.75) is 18.9 Å². The van der Waals surface area contributed by atoms with Crippen molar-refractivity contribution in [1.29, 1.82) is 0 Å². The van der Waals surface area contributed by atoms with E-state index in [-0.39, 0.29) is 6.04 Å². The van der Waals surface area contributed by atoms with Crippen molar-refractivity contribution in [2.75, 3.05) is 14.1 Å². The summed E-state index contributed by atoms with van der Waals surface area (Å²) in [6.45, 7) is 0. The number of rotatable bonds is 6. The molecule has 1 unspecified atom stereocenters. The second-order valence-corrected chi connectivity index (χ2v) is 4.23. The molecule has 0 bridgehead atoms. The van der Waals surface area contributed by atoms with Crippen molar-refractivity contribution < 1.29 is 4.79 Å². The van der Waals surface area contributed by atoms with Gasteiger partial charge in [0.1, 0.15) is 6.29 Å². The van der Waals surface area contributed by atoms with Crippen LogP contribution >= 0.6 is 11.3 Å². The van der Waals surface area contributed by atoms with Crippen LogP contribution in [-0.4, -0.2) is 36.4 Å². The lowest BCUT2D eigenvalue weighted by Gasteiger charge is -2.20. The predicted molar refractivity (Wildman–Crippen MR) is 57.1 cm³/mol. The number of nitrogens with zero attached hydrogens (tertiary/aromatic N) is 2. The molecule has 0 aliphatic heterocycles. The van der Waals surface area contributed by atoms with E-state index in [0.717, 1.165) is 17.7 Å². The third kappa shape index (κ3) is 3.95. The highest BCUT2D eigenvalue weighted by molar-refractivity contribution is 7.09. The lowest BCUT2D eigenvalue weighted by Crippen LogP contribution is -2.41. The molecule has 0 aromatic carbocycles. The molecule has 5 heteroatoms. The summed E-state index contributed by atoms with van der Waals surface area (Å²) in [6.07, 6.45) is 4.04. The van der Waals surface area contributed by atoms with Gasteiger partial charge < -0.3 is 4.79 Å². The molecular weight excluding hydrogens is 198 g/mol. The molecule has 1 N–H and O–H groups in total. The van der Waals surface area contributed by atoms with Crippen molar-refractivity contribution in [2.24, 2.45) is 0 Å². The molecule has 0 saturated carbocycles. The Bertz CT molecular complexity index is 261. The smallest absolute Gasteiger partial charge is 0.121 e. The normalized spacial score (nSPS) is 13.1. The number of hydrogen-bond acceptors (Lipinski definition) is 5. The molecule has 1 heterocycles. The first kappa shape index (κ1) is 11.3. The Morgan fingerprint density at radius 1 is 1.71 bits per heavy atom. The molecule has 0 spiro atoms. The Hall–Kier alpha value is -0.780. The summed E-state index contributed by atoms with van der Waals surface area (Å²) in [5, 5.41) is 4.87. The number of carbonyl (C=O) groups is 1. The standard InChI is InChI=1S/C9H15N3OS/c1-12(2)11-8(3-5-13)7-9-10-4-6-14-9/h4-6,8,11H,3,7H2,1-2H3. The van der Waals surface area contributed by atoms with E-state index < -0.39 is 0 Å². The quantitative estimate of drug-likeness (QED) is 0.558. The molecule has 78 valence electrons. The van der Waals surface area contributed by atoms with Gasteiger partial charge in [0.2, 0.25) is 0 Å². The maximum atomic E-state index is 10.4. The van der Waals surface area contributed by atoms with Crippen LogP contribution in [0, 0.1) is 0 Å². The third-order valence-corrected chi connectivity index (χ3v) is 2.53. The van der Waals surface area contributed by atoms with Gasteiger partial charge in [-0.1, -0.05) is 0 Å². The number of hydrogen-bond donors (Lipinski definition) is 1. The fraction of sp³-hybridized carbons (Fsp3) is 0.556. The summed E-state index contributed by atoms with van der Waals surface area (Å²) in [5.74, 6) is 0. The van der Waals surface area contributed by atoms with Crippen molar-refractivity contribution in [3.63, 3.8) is 0 Å². The summed E-state index contributed by atoms with van der Waals surface area (Å²) < 4.78 is 0. The zero-order chi connectivity index (χ0) is 10.4. The number of hydrazine groups is 1. The monoisotopic (exact) mass is 213 g/mol. The highest BCUT2D eigenvalue weighted by Gasteiger charge is 2.10.